The van der Waals surface area contributed by atoms with Gasteiger partial charge in [0.2, 0.25) is 5.91 Å². The quantitative estimate of drug-likeness (QED) is 0.845. The average Bonchev–Trinajstić information content (AvgIpc) is 2.71. The van der Waals surface area contributed by atoms with Crippen LogP contribution in [0.4, 0.5) is 0 Å². The van der Waals surface area contributed by atoms with E-state index in [1.54, 1.807) is 0 Å². The highest BCUT2D eigenvalue weighted by atomic mass is 16.5. The first-order valence-corrected chi connectivity index (χ1v) is 7.64. The van der Waals surface area contributed by atoms with Crippen LogP contribution in [0.1, 0.15) is 38.8 Å². The van der Waals surface area contributed by atoms with Crippen LogP contribution in [0.25, 0.3) is 0 Å². The van der Waals surface area contributed by atoms with E-state index >= 15 is 0 Å². The van der Waals surface area contributed by atoms with Crippen LogP contribution < -0.4 is 15.4 Å². The molecule has 4 nitrogen and oxygen atoms in total. The minimum atomic E-state index is -0.132. The number of amides is 1. The highest BCUT2D eigenvalue weighted by Gasteiger charge is 2.31. The van der Waals surface area contributed by atoms with Crippen LogP contribution in [0.5, 0.6) is 5.75 Å². The van der Waals surface area contributed by atoms with E-state index in [1.165, 1.54) is 5.56 Å². The molecule has 4 heteroatoms. The predicted octanol–water partition coefficient (Wildman–Crippen LogP) is 2.26. The maximum absolute atomic E-state index is 11.7. The van der Waals surface area contributed by atoms with Crippen LogP contribution in [0.3, 0.4) is 0 Å². The summed E-state index contributed by atoms with van der Waals surface area (Å²) in [6, 6.07) is 6.22. The summed E-state index contributed by atoms with van der Waals surface area (Å²) in [7, 11) is 0. The van der Waals surface area contributed by atoms with Crippen molar-refractivity contribution in [2.75, 3.05) is 13.1 Å². The van der Waals surface area contributed by atoms with Crippen molar-refractivity contribution in [2.45, 2.75) is 46.3 Å². The number of ether oxygens (including phenoxy) is 1. The number of carbonyl (C=O) groups is 1. The van der Waals surface area contributed by atoms with E-state index in [9.17, 15) is 4.79 Å². The molecule has 1 aliphatic heterocycles. The van der Waals surface area contributed by atoms with Crippen molar-refractivity contribution in [3.63, 3.8) is 0 Å². The summed E-state index contributed by atoms with van der Waals surface area (Å²) in [5.74, 6) is 1.50. The molecule has 0 fully saturated rings. The molecule has 1 amide bonds. The highest BCUT2D eigenvalue weighted by Crippen LogP contribution is 2.37. The number of benzene rings is 1. The summed E-state index contributed by atoms with van der Waals surface area (Å²) in [4.78, 5) is 11.7. The number of carbonyl (C=O) groups excluding carboxylic acids is 1. The molecule has 116 valence electrons. The molecule has 0 saturated carbocycles. The zero-order chi connectivity index (χ0) is 15.5. The van der Waals surface area contributed by atoms with Gasteiger partial charge in [-0.15, -0.1) is 0 Å². The third-order valence-corrected chi connectivity index (χ3v) is 3.48. The Morgan fingerprint density at radius 3 is 2.86 bits per heavy atom. The van der Waals surface area contributed by atoms with Gasteiger partial charge in [0.05, 0.1) is 6.54 Å². The van der Waals surface area contributed by atoms with Crippen LogP contribution >= 0.6 is 0 Å². The summed E-state index contributed by atoms with van der Waals surface area (Å²) in [6.07, 6.45) is 0.936. The smallest absolute Gasteiger partial charge is 0.233 e. The van der Waals surface area contributed by atoms with Gasteiger partial charge < -0.3 is 15.4 Å². The lowest BCUT2D eigenvalue weighted by Gasteiger charge is -2.18. The number of hydrogen-bond donors (Lipinski definition) is 2. The second kappa shape index (κ2) is 6.48. The summed E-state index contributed by atoms with van der Waals surface area (Å²) in [6.45, 7) is 10.1. The first-order valence-electron chi connectivity index (χ1n) is 7.64. The summed E-state index contributed by atoms with van der Waals surface area (Å²) in [5.41, 5.74) is 2.24. The molecule has 0 radical (unpaired) electrons. The molecule has 0 spiro atoms. The molecule has 1 heterocycles. The fraction of sp³-hybridized carbons (Fsp3) is 0.588. The fourth-order valence-electron chi connectivity index (χ4n) is 2.51. The van der Waals surface area contributed by atoms with Crippen molar-refractivity contribution in [2.24, 2.45) is 5.92 Å². The lowest BCUT2D eigenvalue weighted by Crippen LogP contribution is -2.35. The van der Waals surface area contributed by atoms with E-state index in [4.69, 9.17) is 4.74 Å². The van der Waals surface area contributed by atoms with Gasteiger partial charge in [-0.3, -0.25) is 4.79 Å². The maximum Gasteiger partial charge on any atom is 0.233 e. The van der Waals surface area contributed by atoms with Gasteiger partial charge in [0.15, 0.2) is 0 Å². The Kier molecular flexibility index (Phi) is 4.88. The Hall–Kier alpha value is -1.55. The molecule has 2 rings (SSSR count). The number of hydrogen-bond acceptors (Lipinski definition) is 3. The summed E-state index contributed by atoms with van der Waals surface area (Å²) < 4.78 is 6.02. The van der Waals surface area contributed by atoms with Gasteiger partial charge in [0.25, 0.3) is 0 Å². The van der Waals surface area contributed by atoms with Crippen LogP contribution in [0, 0.1) is 5.92 Å². The first-order chi connectivity index (χ1) is 9.87. The van der Waals surface area contributed by atoms with E-state index in [1.807, 2.05) is 0 Å². The second-order valence-corrected chi connectivity index (χ2v) is 6.75. The molecule has 0 aromatic heterocycles. The standard InChI is InChI=1S/C17H26N2O2/c1-12(2)9-19-15(20)11-18-10-14-7-5-6-13-8-17(3,4)21-16(13)14/h5-7,12,18H,8-11H2,1-4H3,(H,19,20). The third-order valence-electron chi connectivity index (χ3n) is 3.48. The van der Waals surface area contributed by atoms with Crippen molar-refractivity contribution < 1.29 is 9.53 Å². The minimum absolute atomic E-state index is 0.0394. The van der Waals surface area contributed by atoms with Crippen LogP contribution in [0.15, 0.2) is 18.2 Å². The van der Waals surface area contributed by atoms with Crippen molar-refractivity contribution >= 4 is 5.91 Å². The Morgan fingerprint density at radius 1 is 1.38 bits per heavy atom. The van der Waals surface area contributed by atoms with Gasteiger partial charge in [-0.1, -0.05) is 32.0 Å². The molecule has 1 aromatic carbocycles. The number of rotatable bonds is 6. The predicted molar refractivity (Wildman–Crippen MR) is 84.4 cm³/mol. The monoisotopic (exact) mass is 290 g/mol. The van der Waals surface area contributed by atoms with Crippen LogP contribution in [-0.2, 0) is 17.8 Å². The van der Waals surface area contributed by atoms with Crippen molar-refractivity contribution in [3.8, 4) is 5.75 Å². The number of fused-ring (bicyclic) bond motifs is 1. The molecule has 0 aliphatic carbocycles. The highest BCUT2D eigenvalue weighted by molar-refractivity contribution is 5.77. The summed E-state index contributed by atoms with van der Waals surface area (Å²) in [5, 5.41) is 6.09. The van der Waals surface area contributed by atoms with Crippen molar-refractivity contribution in [1.29, 1.82) is 0 Å². The van der Waals surface area contributed by atoms with E-state index in [2.05, 4.69) is 56.5 Å². The summed E-state index contributed by atoms with van der Waals surface area (Å²) >= 11 is 0. The molecule has 0 bridgehead atoms. The van der Waals surface area contributed by atoms with E-state index in [-0.39, 0.29) is 11.5 Å². The zero-order valence-corrected chi connectivity index (χ0v) is 13.5. The van der Waals surface area contributed by atoms with Crippen LogP contribution in [-0.4, -0.2) is 24.6 Å². The lowest BCUT2D eigenvalue weighted by atomic mass is 10.0. The van der Waals surface area contributed by atoms with Crippen LogP contribution in [0.2, 0.25) is 0 Å². The average molecular weight is 290 g/mol. The Balaban J connectivity index is 1.85. The molecular formula is C17H26N2O2. The normalized spacial score (nSPS) is 15.7. The minimum Gasteiger partial charge on any atom is -0.487 e. The molecule has 1 aromatic rings. The Morgan fingerprint density at radius 2 is 2.14 bits per heavy atom. The zero-order valence-electron chi connectivity index (χ0n) is 13.5. The van der Waals surface area contributed by atoms with Gasteiger partial charge in [-0.25, -0.2) is 0 Å². The second-order valence-electron chi connectivity index (χ2n) is 6.75. The Bertz CT molecular complexity index is 510. The van der Waals surface area contributed by atoms with E-state index < -0.39 is 0 Å². The van der Waals surface area contributed by atoms with E-state index in [0.717, 1.165) is 24.3 Å². The van der Waals surface area contributed by atoms with Gasteiger partial charge in [-0.05, 0) is 25.3 Å². The fourth-order valence-corrected chi connectivity index (χ4v) is 2.51. The molecule has 21 heavy (non-hydrogen) atoms. The molecule has 2 N–H and O–H groups in total. The Labute approximate surface area is 127 Å². The maximum atomic E-state index is 11.7. The van der Waals surface area contributed by atoms with Gasteiger partial charge in [0, 0.05) is 25.1 Å². The topological polar surface area (TPSA) is 50.4 Å². The SMILES string of the molecule is CC(C)CNC(=O)CNCc1cccc2c1OC(C)(C)C2. The molecule has 0 unspecified atom stereocenters. The number of nitrogens with one attached hydrogen (secondary N) is 2. The van der Waals surface area contributed by atoms with Crippen molar-refractivity contribution in [1.82, 2.24) is 10.6 Å². The molecule has 0 saturated heterocycles. The third kappa shape index (κ3) is 4.46. The lowest BCUT2D eigenvalue weighted by molar-refractivity contribution is -0.120. The van der Waals surface area contributed by atoms with E-state index in [0.29, 0.717) is 19.0 Å². The van der Waals surface area contributed by atoms with Gasteiger partial charge >= 0.3 is 0 Å². The first kappa shape index (κ1) is 15.8. The molecule has 1 aliphatic rings. The van der Waals surface area contributed by atoms with Crippen molar-refractivity contribution in [3.05, 3.63) is 29.3 Å². The largest absolute Gasteiger partial charge is 0.487 e. The molecule has 0 atom stereocenters. The van der Waals surface area contributed by atoms with Gasteiger partial charge in [-0.2, -0.15) is 0 Å². The number of para-hydroxylation sites is 1. The molecular weight excluding hydrogens is 264 g/mol. The van der Waals surface area contributed by atoms with Gasteiger partial charge in [0.1, 0.15) is 11.4 Å².